The molecular weight excluding hydrogens is 410 g/mol. The average molecular weight is 438 g/mol. The summed E-state index contributed by atoms with van der Waals surface area (Å²) < 4.78 is 6.14. The summed E-state index contributed by atoms with van der Waals surface area (Å²) in [7, 11) is 0. The fraction of sp³-hybridized carbons (Fsp3) is 0.250. The van der Waals surface area contributed by atoms with Crippen molar-refractivity contribution >= 4 is 5.78 Å². The number of carbonyl (C=O) groups excluding carboxylic acids is 1. The number of ether oxygens (including phenoxy) is 1. The van der Waals surface area contributed by atoms with Crippen molar-refractivity contribution < 1.29 is 9.53 Å². The first-order valence-corrected chi connectivity index (χ1v) is 11.5. The van der Waals surface area contributed by atoms with E-state index in [0.717, 1.165) is 35.1 Å². The zero-order valence-corrected chi connectivity index (χ0v) is 18.6. The molecule has 0 aliphatic heterocycles. The summed E-state index contributed by atoms with van der Waals surface area (Å²) in [6.07, 6.45) is 13.5. The number of pyridine rings is 1. The number of carbonyl (C=O) groups is 1. The highest BCUT2D eigenvalue weighted by molar-refractivity contribution is 6.00. The van der Waals surface area contributed by atoms with Gasteiger partial charge in [-0.1, -0.05) is 36.8 Å². The van der Waals surface area contributed by atoms with Crippen LogP contribution in [0.5, 0.6) is 5.75 Å². The number of ketones is 1. The van der Waals surface area contributed by atoms with E-state index in [0.29, 0.717) is 24.3 Å². The van der Waals surface area contributed by atoms with Crippen molar-refractivity contribution in [2.24, 2.45) is 0 Å². The Bertz CT molecular complexity index is 1230. The third-order valence-electron chi connectivity index (χ3n) is 6.26. The molecule has 1 aliphatic carbocycles. The van der Waals surface area contributed by atoms with E-state index in [9.17, 15) is 4.79 Å². The second-order valence-electron chi connectivity index (χ2n) is 8.61. The van der Waals surface area contributed by atoms with Gasteiger partial charge in [0.2, 0.25) is 0 Å². The number of aromatic nitrogens is 3. The number of nitrogens with one attached hydrogen (secondary N) is 1. The minimum atomic E-state index is 0.0588. The van der Waals surface area contributed by atoms with Crippen molar-refractivity contribution in [2.75, 3.05) is 0 Å². The largest absolute Gasteiger partial charge is 0.488 e. The summed E-state index contributed by atoms with van der Waals surface area (Å²) >= 11 is 0. The maximum atomic E-state index is 13.4. The van der Waals surface area contributed by atoms with E-state index >= 15 is 0 Å². The van der Waals surface area contributed by atoms with Crippen molar-refractivity contribution in [3.05, 3.63) is 101 Å². The van der Waals surface area contributed by atoms with Crippen LogP contribution in [0.1, 0.15) is 51.9 Å². The van der Waals surface area contributed by atoms with Gasteiger partial charge in [0.15, 0.2) is 5.78 Å². The molecular formula is C28H27N3O2. The van der Waals surface area contributed by atoms with E-state index in [1.807, 2.05) is 36.5 Å². The number of benzene rings is 2. The smallest absolute Gasteiger partial charge is 0.170 e. The van der Waals surface area contributed by atoms with Gasteiger partial charge in [-0.3, -0.25) is 14.9 Å². The maximum Gasteiger partial charge on any atom is 0.170 e. The van der Waals surface area contributed by atoms with Crippen LogP contribution >= 0.6 is 0 Å². The van der Waals surface area contributed by atoms with Gasteiger partial charge < -0.3 is 4.74 Å². The summed E-state index contributed by atoms with van der Waals surface area (Å²) in [5, 5.41) is 6.87. The molecule has 166 valence electrons. The summed E-state index contributed by atoms with van der Waals surface area (Å²) in [4.78, 5) is 17.5. The Hall–Kier alpha value is -3.73. The molecule has 0 unspecified atom stereocenters. The number of rotatable bonds is 7. The Morgan fingerprint density at radius 2 is 1.82 bits per heavy atom. The van der Waals surface area contributed by atoms with Crippen molar-refractivity contribution in [2.45, 2.75) is 45.1 Å². The molecule has 2 heterocycles. The van der Waals surface area contributed by atoms with Gasteiger partial charge >= 0.3 is 0 Å². The van der Waals surface area contributed by atoms with Gasteiger partial charge in [-0.15, -0.1) is 0 Å². The Morgan fingerprint density at radius 3 is 2.64 bits per heavy atom. The van der Waals surface area contributed by atoms with Crippen molar-refractivity contribution in [3.8, 4) is 16.9 Å². The number of hydrogen-bond acceptors (Lipinski definition) is 4. The van der Waals surface area contributed by atoms with Crippen LogP contribution in [-0.2, 0) is 25.9 Å². The second kappa shape index (κ2) is 9.82. The molecule has 0 spiro atoms. The van der Waals surface area contributed by atoms with Crippen LogP contribution in [-0.4, -0.2) is 21.0 Å². The molecule has 33 heavy (non-hydrogen) atoms. The first-order chi connectivity index (χ1) is 16.3. The average Bonchev–Trinajstić information content (AvgIpc) is 3.29. The lowest BCUT2D eigenvalue weighted by Crippen LogP contribution is -2.08. The molecule has 0 saturated carbocycles. The molecule has 5 rings (SSSR count). The molecule has 4 aromatic rings. The monoisotopic (exact) mass is 437 g/mol. The fourth-order valence-corrected chi connectivity index (χ4v) is 4.46. The first kappa shape index (κ1) is 21.1. The number of aryl methyl sites for hydroxylation is 2. The quantitative estimate of drug-likeness (QED) is 0.295. The van der Waals surface area contributed by atoms with Gasteiger partial charge in [-0.25, -0.2) is 0 Å². The molecule has 1 N–H and O–H groups in total. The van der Waals surface area contributed by atoms with Crippen molar-refractivity contribution in [3.63, 3.8) is 0 Å². The minimum absolute atomic E-state index is 0.0588. The number of H-pyrrole nitrogens is 1. The Labute approximate surface area is 193 Å². The van der Waals surface area contributed by atoms with Crippen LogP contribution in [0.2, 0.25) is 0 Å². The molecule has 0 saturated heterocycles. The lowest BCUT2D eigenvalue weighted by Gasteiger charge is -2.13. The molecule has 5 heteroatoms. The molecule has 2 aromatic heterocycles. The Kier molecular flexibility index (Phi) is 6.29. The van der Waals surface area contributed by atoms with Crippen LogP contribution in [0.3, 0.4) is 0 Å². The lowest BCUT2D eigenvalue weighted by atomic mass is 9.95. The van der Waals surface area contributed by atoms with E-state index in [-0.39, 0.29) is 5.78 Å². The molecule has 0 atom stereocenters. The first-order valence-electron chi connectivity index (χ1n) is 11.5. The van der Waals surface area contributed by atoms with Gasteiger partial charge in [-0.2, -0.15) is 5.10 Å². The zero-order chi connectivity index (χ0) is 22.5. The van der Waals surface area contributed by atoms with Gasteiger partial charge in [0.05, 0.1) is 11.8 Å². The summed E-state index contributed by atoms with van der Waals surface area (Å²) in [5.41, 5.74) is 7.36. The van der Waals surface area contributed by atoms with E-state index in [2.05, 4.69) is 33.4 Å². The van der Waals surface area contributed by atoms with E-state index in [1.165, 1.54) is 30.4 Å². The predicted octanol–water partition coefficient (Wildman–Crippen LogP) is 5.75. The van der Waals surface area contributed by atoms with Crippen LogP contribution in [0.15, 0.2) is 73.3 Å². The topological polar surface area (TPSA) is 67.9 Å². The Balaban J connectivity index is 1.41. The highest BCUT2D eigenvalue weighted by Crippen LogP contribution is 2.29. The number of nitrogens with zero attached hydrogens (tertiary/aromatic N) is 2. The third kappa shape index (κ3) is 5.03. The molecule has 5 nitrogen and oxygen atoms in total. The van der Waals surface area contributed by atoms with Crippen LogP contribution in [0, 0.1) is 0 Å². The molecule has 0 fully saturated rings. The normalized spacial score (nSPS) is 13.2. The number of aromatic amines is 1. The fourth-order valence-electron chi connectivity index (χ4n) is 4.46. The predicted molar refractivity (Wildman–Crippen MR) is 128 cm³/mol. The number of Topliss-reactive ketones (excluding diaryl/α,β-unsaturated/α-hetero) is 1. The van der Waals surface area contributed by atoms with Crippen LogP contribution < -0.4 is 4.74 Å². The van der Waals surface area contributed by atoms with Gasteiger partial charge in [0.25, 0.3) is 0 Å². The summed E-state index contributed by atoms with van der Waals surface area (Å²) in [6.45, 7) is 0.349. The zero-order valence-electron chi connectivity index (χ0n) is 18.6. The molecule has 0 bridgehead atoms. The SMILES string of the molecule is O=C(Cc1ccc2c(c1)CCCCC2)c1ccc(-c2cn[nH]c2)cc1OCc1cccnc1. The highest BCUT2D eigenvalue weighted by atomic mass is 16.5. The third-order valence-corrected chi connectivity index (χ3v) is 6.26. The van der Waals surface area contributed by atoms with E-state index in [1.54, 1.807) is 18.6 Å². The standard InChI is InChI=1S/C28H27N3O2/c32-27(14-20-8-9-22-6-2-1-3-7-23(22)13-20)26-11-10-24(25-17-30-31-18-25)15-28(26)33-19-21-5-4-12-29-16-21/h4-5,8-13,15-18H,1-3,6-7,14,19H2,(H,30,31). The Morgan fingerprint density at radius 1 is 0.909 bits per heavy atom. The molecule has 0 amide bonds. The number of hydrogen-bond donors (Lipinski definition) is 1. The van der Waals surface area contributed by atoms with Crippen molar-refractivity contribution in [1.82, 2.24) is 15.2 Å². The summed E-state index contributed by atoms with van der Waals surface area (Å²) in [5.74, 6) is 0.640. The maximum absolute atomic E-state index is 13.4. The molecule has 0 radical (unpaired) electrons. The second-order valence-corrected chi connectivity index (χ2v) is 8.61. The van der Waals surface area contributed by atoms with Crippen LogP contribution in [0.25, 0.3) is 11.1 Å². The van der Waals surface area contributed by atoms with Gasteiger partial charge in [0, 0.05) is 36.1 Å². The van der Waals surface area contributed by atoms with Gasteiger partial charge in [0.1, 0.15) is 12.4 Å². The van der Waals surface area contributed by atoms with Crippen LogP contribution in [0.4, 0.5) is 0 Å². The molecule has 1 aliphatic rings. The van der Waals surface area contributed by atoms with E-state index < -0.39 is 0 Å². The van der Waals surface area contributed by atoms with Crippen molar-refractivity contribution in [1.29, 1.82) is 0 Å². The van der Waals surface area contributed by atoms with E-state index in [4.69, 9.17) is 4.74 Å². The summed E-state index contributed by atoms with van der Waals surface area (Å²) in [6, 6.07) is 16.1. The van der Waals surface area contributed by atoms with Gasteiger partial charge in [-0.05, 0) is 66.1 Å². The lowest BCUT2D eigenvalue weighted by molar-refractivity contribution is 0.0988. The number of fused-ring (bicyclic) bond motifs is 1. The minimum Gasteiger partial charge on any atom is -0.488 e. The molecule has 2 aromatic carbocycles. The highest BCUT2D eigenvalue weighted by Gasteiger charge is 2.17.